The van der Waals surface area contributed by atoms with Gasteiger partial charge in [0.1, 0.15) is 0 Å². The van der Waals surface area contributed by atoms with Gasteiger partial charge < -0.3 is 5.32 Å². The van der Waals surface area contributed by atoms with Crippen molar-refractivity contribution in [3.63, 3.8) is 0 Å². The molecule has 82 valence electrons. The van der Waals surface area contributed by atoms with E-state index >= 15 is 0 Å². The summed E-state index contributed by atoms with van der Waals surface area (Å²) in [6.45, 7) is 5.65. The molecule has 1 nitrogen and oxygen atoms in total. The molecule has 0 saturated heterocycles. The van der Waals surface area contributed by atoms with E-state index in [1.165, 1.54) is 18.4 Å². The molecule has 1 aliphatic rings. The Morgan fingerprint density at radius 2 is 2.20 bits per heavy atom. The van der Waals surface area contributed by atoms with Gasteiger partial charge in [-0.25, -0.2) is 0 Å². The van der Waals surface area contributed by atoms with E-state index in [9.17, 15) is 0 Å². The highest BCUT2D eigenvalue weighted by atomic mass is 14.8. The molecular formula is C14H21N. The van der Waals surface area contributed by atoms with Crippen LogP contribution < -0.4 is 5.32 Å². The molecule has 1 atom stereocenters. The number of fused-ring (bicyclic) bond motifs is 1. The Bertz CT molecular complexity index is 341. The van der Waals surface area contributed by atoms with Gasteiger partial charge in [-0.1, -0.05) is 32.0 Å². The van der Waals surface area contributed by atoms with E-state index in [0.717, 1.165) is 12.5 Å². The number of rotatable bonds is 3. The van der Waals surface area contributed by atoms with Crippen molar-refractivity contribution in [2.45, 2.75) is 38.5 Å². The average molecular weight is 203 g/mol. The highest BCUT2D eigenvalue weighted by molar-refractivity contribution is 5.39. The van der Waals surface area contributed by atoms with Crippen LogP contribution in [0.2, 0.25) is 0 Å². The molecule has 1 aliphatic carbocycles. The van der Waals surface area contributed by atoms with Crippen LogP contribution in [0, 0.1) is 0 Å². The molecule has 2 rings (SSSR count). The van der Waals surface area contributed by atoms with Crippen molar-refractivity contribution < 1.29 is 0 Å². The van der Waals surface area contributed by atoms with Gasteiger partial charge >= 0.3 is 0 Å². The lowest BCUT2D eigenvalue weighted by Crippen LogP contribution is -2.15. The van der Waals surface area contributed by atoms with Gasteiger partial charge in [0.2, 0.25) is 0 Å². The molecule has 1 aromatic rings. The van der Waals surface area contributed by atoms with Crippen molar-refractivity contribution in [2.24, 2.45) is 0 Å². The summed E-state index contributed by atoms with van der Waals surface area (Å²) in [5.41, 5.74) is 4.65. The fourth-order valence-corrected chi connectivity index (χ4v) is 2.54. The Balaban J connectivity index is 2.25. The van der Waals surface area contributed by atoms with Crippen LogP contribution in [-0.4, -0.2) is 13.6 Å². The van der Waals surface area contributed by atoms with E-state index < -0.39 is 0 Å². The third kappa shape index (κ3) is 2.07. The molecule has 0 bridgehead atoms. The first-order valence-corrected chi connectivity index (χ1v) is 5.99. The highest BCUT2D eigenvalue weighted by Crippen LogP contribution is 2.34. The van der Waals surface area contributed by atoms with Crippen LogP contribution in [0.3, 0.4) is 0 Å². The van der Waals surface area contributed by atoms with Gasteiger partial charge in [0.25, 0.3) is 0 Å². The van der Waals surface area contributed by atoms with Crippen LogP contribution in [0.5, 0.6) is 0 Å². The molecule has 0 fully saturated rings. The topological polar surface area (TPSA) is 12.0 Å². The number of hydrogen-bond acceptors (Lipinski definition) is 1. The summed E-state index contributed by atoms with van der Waals surface area (Å²) in [7, 11) is 2.04. The SMILES string of the molecule is CNCC1CCc2cc(C(C)C)ccc21. The Kier molecular flexibility index (Phi) is 3.11. The molecule has 0 aliphatic heterocycles. The van der Waals surface area contributed by atoms with Crippen LogP contribution >= 0.6 is 0 Å². The predicted molar refractivity (Wildman–Crippen MR) is 65.5 cm³/mol. The van der Waals surface area contributed by atoms with Crippen molar-refractivity contribution in [3.05, 3.63) is 34.9 Å². The Morgan fingerprint density at radius 3 is 2.87 bits per heavy atom. The van der Waals surface area contributed by atoms with Gasteiger partial charge in [-0.05, 0) is 48.4 Å². The van der Waals surface area contributed by atoms with Crippen molar-refractivity contribution in [3.8, 4) is 0 Å². The summed E-state index contributed by atoms with van der Waals surface area (Å²) in [5.74, 6) is 1.39. The lowest BCUT2D eigenvalue weighted by atomic mass is 9.96. The minimum Gasteiger partial charge on any atom is -0.319 e. The summed E-state index contributed by atoms with van der Waals surface area (Å²) >= 11 is 0. The lowest BCUT2D eigenvalue weighted by molar-refractivity contribution is 0.623. The number of benzene rings is 1. The van der Waals surface area contributed by atoms with Crippen molar-refractivity contribution in [1.82, 2.24) is 5.32 Å². The molecule has 0 spiro atoms. The largest absolute Gasteiger partial charge is 0.319 e. The second-order valence-electron chi connectivity index (χ2n) is 4.91. The molecule has 1 aromatic carbocycles. The number of likely N-dealkylation sites (N-methyl/N-ethyl adjacent to an activating group) is 1. The van der Waals surface area contributed by atoms with Crippen molar-refractivity contribution in [1.29, 1.82) is 0 Å². The molecule has 0 heterocycles. The van der Waals surface area contributed by atoms with Gasteiger partial charge in [0, 0.05) is 6.54 Å². The second-order valence-corrected chi connectivity index (χ2v) is 4.91. The van der Waals surface area contributed by atoms with E-state index in [2.05, 4.69) is 37.4 Å². The maximum atomic E-state index is 3.29. The first kappa shape index (κ1) is 10.7. The minimum absolute atomic E-state index is 0.652. The monoisotopic (exact) mass is 203 g/mol. The minimum atomic E-state index is 0.652. The van der Waals surface area contributed by atoms with Crippen LogP contribution in [0.25, 0.3) is 0 Å². The van der Waals surface area contributed by atoms with Gasteiger partial charge in [-0.15, -0.1) is 0 Å². The quantitative estimate of drug-likeness (QED) is 0.796. The standard InChI is InChI=1S/C14H21N/c1-10(2)11-6-7-14-12(8-11)4-5-13(14)9-15-3/h6-8,10,13,15H,4-5,9H2,1-3H3. The van der Waals surface area contributed by atoms with E-state index in [1.807, 2.05) is 7.05 Å². The summed E-state index contributed by atoms with van der Waals surface area (Å²) in [5, 5.41) is 3.29. The molecule has 1 heteroatoms. The van der Waals surface area contributed by atoms with E-state index in [1.54, 1.807) is 11.1 Å². The number of nitrogens with one attached hydrogen (secondary N) is 1. The zero-order chi connectivity index (χ0) is 10.8. The Morgan fingerprint density at radius 1 is 1.40 bits per heavy atom. The summed E-state index contributed by atoms with van der Waals surface area (Å²) < 4.78 is 0. The van der Waals surface area contributed by atoms with Crippen LogP contribution in [0.4, 0.5) is 0 Å². The summed E-state index contributed by atoms with van der Waals surface area (Å²) in [6.07, 6.45) is 2.58. The number of hydrogen-bond donors (Lipinski definition) is 1. The first-order valence-electron chi connectivity index (χ1n) is 5.99. The molecule has 1 unspecified atom stereocenters. The molecule has 0 radical (unpaired) electrons. The van der Waals surface area contributed by atoms with E-state index in [-0.39, 0.29) is 0 Å². The van der Waals surface area contributed by atoms with Gasteiger partial charge in [-0.2, -0.15) is 0 Å². The predicted octanol–water partition coefficient (Wildman–Crippen LogP) is 3.06. The highest BCUT2D eigenvalue weighted by Gasteiger charge is 2.21. The molecular weight excluding hydrogens is 182 g/mol. The summed E-state index contributed by atoms with van der Waals surface area (Å²) in [6, 6.07) is 7.06. The zero-order valence-corrected chi connectivity index (χ0v) is 10.0. The first-order chi connectivity index (χ1) is 7.22. The molecule has 0 saturated carbocycles. The molecule has 15 heavy (non-hydrogen) atoms. The third-order valence-corrected chi connectivity index (χ3v) is 3.49. The maximum absolute atomic E-state index is 3.29. The van der Waals surface area contributed by atoms with Crippen molar-refractivity contribution in [2.75, 3.05) is 13.6 Å². The molecule has 0 amide bonds. The fourth-order valence-electron chi connectivity index (χ4n) is 2.54. The van der Waals surface area contributed by atoms with Gasteiger partial charge in [-0.3, -0.25) is 0 Å². The van der Waals surface area contributed by atoms with Crippen LogP contribution in [0.15, 0.2) is 18.2 Å². The van der Waals surface area contributed by atoms with Crippen LogP contribution in [-0.2, 0) is 6.42 Å². The van der Waals surface area contributed by atoms with Gasteiger partial charge in [0.15, 0.2) is 0 Å². The lowest BCUT2D eigenvalue weighted by Gasteiger charge is -2.12. The zero-order valence-electron chi connectivity index (χ0n) is 10.0. The molecule has 0 aromatic heterocycles. The maximum Gasteiger partial charge on any atom is 0.00173 e. The Labute approximate surface area is 92.9 Å². The van der Waals surface area contributed by atoms with Crippen LogP contribution in [0.1, 0.15) is 48.8 Å². The molecule has 1 N–H and O–H groups in total. The normalized spacial score (nSPS) is 19.6. The number of aryl methyl sites for hydroxylation is 1. The van der Waals surface area contributed by atoms with Gasteiger partial charge in [0.05, 0.1) is 0 Å². The fraction of sp³-hybridized carbons (Fsp3) is 0.571. The Hall–Kier alpha value is -0.820. The summed E-state index contributed by atoms with van der Waals surface area (Å²) in [4.78, 5) is 0. The van der Waals surface area contributed by atoms with Crippen molar-refractivity contribution >= 4 is 0 Å². The van der Waals surface area contributed by atoms with E-state index in [0.29, 0.717) is 5.92 Å². The third-order valence-electron chi connectivity index (χ3n) is 3.49. The smallest absolute Gasteiger partial charge is 0.00173 e. The van der Waals surface area contributed by atoms with E-state index in [4.69, 9.17) is 0 Å². The second kappa shape index (κ2) is 4.36. The average Bonchev–Trinajstić information content (AvgIpc) is 2.61.